The van der Waals surface area contributed by atoms with E-state index in [0.29, 0.717) is 11.3 Å². The maximum atomic E-state index is 9.08. The van der Waals surface area contributed by atoms with Crippen LogP contribution in [0.25, 0.3) is 0 Å². The van der Waals surface area contributed by atoms with Crippen molar-refractivity contribution in [2.24, 2.45) is 28.3 Å². The Morgan fingerprint density at radius 1 is 1.46 bits per heavy atom. The number of oxime groups is 1. The monoisotopic (exact) mass is 213 g/mol. The lowest BCUT2D eigenvalue weighted by atomic mass is 10.1. The molecule has 0 aromatic heterocycles. The van der Waals surface area contributed by atoms with E-state index in [4.69, 9.17) is 5.21 Å². The van der Waals surface area contributed by atoms with Crippen LogP contribution in [0.4, 0.5) is 0 Å². The summed E-state index contributed by atoms with van der Waals surface area (Å²) in [5, 5.41) is 12.7. The van der Waals surface area contributed by atoms with Crippen LogP contribution in [0.1, 0.15) is 6.92 Å². The van der Waals surface area contributed by atoms with Gasteiger partial charge in [0, 0.05) is 17.4 Å². The molecule has 2 bridgehead atoms. The van der Waals surface area contributed by atoms with E-state index in [2.05, 4.69) is 12.1 Å². The van der Waals surface area contributed by atoms with Crippen LogP contribution in [0, 0.1) is 23.2 Å². The Hall–Kier alpha value is 0.170. The zero-order valence-electron chi connectivity index (χ0n) is 7.36. The van der Waals surface area contributed by atoms with E-state index in [1.807, 2.05) is 23.5 Å². The van der Waals surface area contributed by atoms with Crippen LogP contribution < -0.4 is 0 Å². The molecule has 4 aliphatic carbocycles. The Morgan fingerprint density at radius 2 is 2.08 bits per heavy atom. The Balaban J connectivity index is 1.86. The molecular formula is C9H11NOS2. The molecule has 1 aliphatic heterocycles. The van der Waals surface area contributed by atoms with E-state index >= 15 is 0 Å². The lowest BCUT2D eigenvalue weighted by molar-refractivity contribution is 0.316. The van der Waals surface area contributed by atoms with Gasteiger partial charge in [-0.25, -0.2) is 0 Å². The lowest BCUT2D eigenvalue weighted by Crippen LogP contribution is -2.24. The van der Waals surface area contributed by atoms with Gasteiger partial charge in [-0.2, -0.15) is 0 Å². The van der Waals surface area contributed by atoms with Gasteiger partial charge >= 0.3 is 0 Å². The second kappa shape index (κ2) is 1.78. The van der Waals surface area contributed by atoms with E-state index in [0.717, 1.165) is 17.5 Å². The fraction of sp³-hybridized carbons (Fsp3) is 0.889. The highest BCUT2D eigenvalue weighted by molar-refractivity contribution is 8.22. The number of hydrogen-bond acceptors (Lipinski definition) is 4. The predicted molar refractivity (Wildman–Crippen MR) is 55.4 cm³/mol. The number of rotatable bonds is 0. The molecule has 1 N–H and O–H groups in total. The van der Waals surface area contributed by atoms with Crippen LogP contribution in [-0.4, -0.2) is 26.5 Å². The van der Waals surface area contributed by atoms with Crippen molar-refractivity contribution in [3.63, 3.8) is 0 Å². The van der Waals surface area contributed by atoms with Gasteiger partial charge in [0.15, 0.2) is 0 Å². The maximum absolute atomic E-state index is 9.08. The second-order valence-electron chi connectivity index (χ2n) is 4.70. The maximum Gasteiger partial charge on any atom is 0.106 e. The molecule has 5 fully saturated rings. The fourth-order valence-corrected chi connectivity index (χ4v) is 7.67. The molecule has 1 spiro atoms. The number of nitrogens with zero attached hydrogens (tertiary/aromatic N) is 1. The summed E-state index contributed by atoms with van der Waals surface area (Å²) < 4.78 is 0.221. The van der Waals surface area contributed by atoms with Gasteiger partial charge < -0.3 is 5.21 Å². The van der Waals surface area contributed by atoms with Crippen LogP contribution in [0.2, 0.25) is 0 Å². The average Bonchev–Trinajstić information content (AvgIpc) is 2.77. The minimum atomic E-state index is 0.221. The highest BCUT2D eigenvalue weighted by atomic mass is 32.2. The first-order valence-electron chi connectivity index (χ1n) is 4.77. The van der Waals surface area contributed by atoms with Crippen LogP contribution in [0.3, 0.4) is 0 Å². The quantitative estimate of drug-likeness (QED) is 0.492. The highest BCUT2D eigenvalue weighted by Crippen LogP contribution is 2.95. The summed E-state index contributed by atoms with van der Waals surface area (Å²) in [6.45, 7) is 2.37. The fourth-order valence-electron chi connectivity index (χ4n) is 3.77. The van der Waals surface area contributed by atoms with Crippen molar-refractivity contribution >= 4 is 29.2 Å². The van der Waals surface area contributed by atoms with Gasteiger partial charge in [-0.1, -0.05) is 12.1 Å². The third kappa shape index (κ3) is 0.521. The molecule has 4 atom stereocenters. The minimum absolute atomic E-state index is 0.221. The van der Waals surface area contributed by atoms with Gasteiger partial charge in [0.1, 0.15) is 4.08 Å². The summed E-state index contributed by atoms with van der Waals surface area (Å²) in [5.74, 6) is 4.84. The topological polar surface area (TPSA) is 32.6 Å². The van der Waals surface area contributed by atoms with E-state index in [9.17, 15) is 0 Å². The van der Waals surface area contributed by atoms with Crippen molar-refractivity contribution in [3.05, 3.63) is 0 Å². The third-order valence-electron chi connectivity index (χ3n) is 4.44. The first-order chi connectivity index (χ1) is 6.27. The SMILES string of the molecule is C[C@]12C3/C(=N\O)C4(SCCS4)[C@H]1[C@@H]32. The third-order valence-corrected chi connectivity index (χ3v) is 8.01. The molecule has 13 heavy (non-hydrogen) atoms. The van der Waals surface area contributed by atoms with Crippen molar-refractivity contribution in [2.75, 3.05) is 11.5 Å². The molecule has 1 saturated heterocycles. The van der Waals surface area contributed by atoms with Gasteiger partial charge in [0.25, 0.3) is 0 Å². The van der Waals surface area contributed by atoms with Crippen molar-refractivity contribution < 1.29 is 5.21 Å². The van der Waals surface area contributed by atoms with E-state index in [1.165, 1.54) is 11.5 Å². The summed E-state index contributed by atoms with van der Waals surface area (Å²) in [6.07, 6.45) is 0. The van der Waals surface area contributed by atoms with Crippen LogP contribution in [0.5, 0.6) is 0 Å². The summed E-state index contributed by atoms with van der Waals surface area (Å²) in [6, 6.07) is 0. The molecule has 0 aromatic rings. The van der Waals surface area contributed by atoms with Gasteiger partial charge in [-0.05, 0) is 17.3 Å². The summed E-state index contributed by atoms with van der Waals surface area (Å²) in [5.41, 5.74) is 1.68. The molecule has 5 rings (SSSR count). The van der Waals surface area contributed by atoms with E-state index < -0.39 is 0 Å². The summed E-state index contributed by atoms with van der Waals surface area (Å²) in [7, 11) is 0. The standard InChI is InChI=1S/C9H11NOS2/c1-8-4-5(8)7(10-11)9(6(4)8)12-2-3-13-9/h4-6,11H,2-3H2,1H3/b10-7+/t4-,5?,6+,8+/m1/s1. The van der Waals surface area contributed by atoms with E-state index in [-0.39, 0.29) is 4.08 Å². The molecule has 1 unspecified atom stereocenters. The molecule has 5 aliphatic rings. The smallest absolute Gasteiger partial charge is 0.106 e. The molecule has 4 saturated carbocycles. The Labute approximate surface area is 85.5 Å². The Morgan fingerprint density at radius 3 is 2.62 bits per heavy atom. The largest absolute Gasteiger partial charge is 0.411 e. The summed E-state index contributed by atoms with van der Waals surface area (Å²) >= 11 is 4.05. The predicted octanol–water partition coefficient (Wildman–Crippen LogP) is 1.89. The lowest BCUT2D eigenvalue weighted by Gasteiger charge is -2.20. The molecular weight excluding hydrogens is 202 g/mol. The normalized spacial score (nSPS) is 61.6. The minimum Gasteiger partial charge on any atom is -0.411 e. The molecule has 2 nitrogen and oxygen atoms in total. The summed E-state index contributed by atoms with van der Waals surface area (Å²) in [4.78, 5) is 0. The average molecular weight is 213 g/mol. The number of hydrogen-bond donors (Lipinski definition) is 1. The molecule has 4 heteroatoms. The molecule has 0 aromatic carbocycles. The number of thioether (sulfide) groups is 2. The molecule has 70 valence electrons. The van der Waals surface area contributed by atoms with Gasteiger partial charge in [0.05, 0.1) is 5.71 Å². The van der Waals surface area contributed by atoms with Crippen LogP contribution in [0.15, 0.2) is 5.16 Å². The van der Waals surface area contributed by atoms with Gasteiger partial charge in [0.2, 0.25) is 0 Å². The van der Waals surface area contributed by atoms with Crippen molar-refractivity contribution in [1.82, 2.24) is 0 Å². The van der Waals surface area contributed by atoms with Crippen molar-refractivity contribution in [2.45, 2.75) is 11.0 Å². The molecule has 0 amide bonds. The zero-order valence-corrected chi connectivity index (χ0v) is 8.99. The first-order valence-corrected chi connectivity index (χ1v) is 6.74. The van der Waals surface area contributed by atoms with Crippen LogP contribution >= 0.6 is 23.5 Å². The molecule has 0 radical (unpaired) electrons. The highest BCUT2D eigenvalue weighted by Gasteiger charge is 2.96. The van der Waals surface area contributed by atoms with E-state index in [1.54, 1.807) is 0 Å². The van der Waals surface area contributed by atoms with Crippen molar-refractivity contribution in [3.8, 4) is 0 Å². The molecule has 1 heterocycles. The first kappa shape index (κ1) is 7.46. The van der Waals surface area contributed by atoms with Crippen molar-refractivity contribution in [1.29, 1.82) is 0 Å². The van der Waals surface area contributed by atoms with Gasteiger partial charge in [-0.15, -0.1) is 23.5 Å². The van der Waals surface area contributed by atoms with Gasteiger partial charge in [-0.3, -0.25) is 0 Å². The van der Waals surface area contributed by atoms with Crippen LogP contribution in [-0.2, 0) is 0 Å². The Kier molecular flexibility index (Phi) is 1.02. The Bertz CT molecular complexity index is 337. The second-order valence-corrected chi connectivity index (χ2v) is 7.64. The zero-order chi connectivity index (χ0) is 8.84.